The van der Waals surface area contributed by atoms with Crippen LogP contribution in [-0.4, -0.2) is 216 Å². The van der Waals surface area contributed by atoms with Crippen LogP contribution in [0.3, 0.4) is 0 Å². The van der Waals surface area contributed by atoms with E-state index in [0.29, 0.717) is 148 Å². The van der Waals surface area contributed by atoms with Crippen LogP contribution in [0.25, 0.3) is 0 Å². The third-order valence-corrected chi connectivity index (χ3v) is 12.9. The first kappa shape index (κ1) is 60.8. The normalized spacial score (nSPS) is 17.2. The number of benzene rings is 1. The van der Waals surface area contributed by atoms with Crippen molar-refractivity contribution in [2.75, 3.05) is 151 Å². The number of piperazine rings is 1. The van der Waals surface area contributed by atoms with Crippen LogP contribution in [0.4, 0.5) is 13.2 Å². The molecular weight excluding hydrogens is 1000 g/mol. The molecule has 1 aromatic heterocycles. The molecule has 2 fully saturated rings. The zero-order chi connectivity index (χ0) is 51.8. The van der Waals surface area contributed by atoms with Crippen molar-refractivity contribution in [1.82, 2.24) is 30.1 Å². The SMILES string of the molecule is CN=C(NC1CCC(COPCP(=O)(O)O)O1)/C(=C\N)C(=N)N1CCN(CCOCCOCCOCCOCc2cn(CCOCCOCCOCCOCCC(=O)Oc3c(F)cc(F)cc3F)nn2)CC1. The fourth-order valence-corrected chi connectivity index (χ4v) is 8.02. The fourth-order valence-electron chi connectivity index (χ4n) is 6.68. The molecule has 1 aromatic carbocycles. The summed E-state index contributed by atoms with van der Waals surface area (Å²) in [5.41, 5.74) is 7.13. The van der Waals surface area contributed by atoms with E-state index in [2.05, 4.69) is 30.3 Å². The van der Waals surface area contributed by atoms with Gasteiger partial charge in [0.05, 0.1) is 149 Å². The van der Waals surface area contributed by atoms with Crippen molar-refractivity contribution >= 4 is 34.0 Å². The Morgan fingerprint density at radius 3 is 1.99 bits per heavy atom. The lowest BCUT2D eigenvalue weighted by Crippen LogP contribution is -2.51. The van der Waals surface area contributed by atoms with Gasteiger partial charge in [0.25, 0.3) is 0 Å². The van der Waals surface area contributed by atoms with E-state index in [1.165, 1.54) is 6.20 Å². The predicted octanol–water partition coefficient (Wildman–Crippen LogP) is 1.63. The number of hydrogen-bond donors (Lipinski definition) is 5. The van der Waals surface area contributed by atoms with Gasteiger partial charge in [-0.25, -0.2) is 17.9 Å². The van der Waals surface area contributed by atoms with Crippen LogP contribution < -0.4 is 15.8 Å². The lowest BCUT2D eigenvalue weighted by Gasteiger charge is -2.36. The number of amidine groups is 2. The molecule has 72 heavy (non-hydrogen) atoms. The number of aromatic nitrogens is 3. The van der Waals surface area contributed by atoms with Gasteiger partial charge < -0.3 is 77.6 Å². The second kappa shape index (κ2) is 35.4. The van der Waals surface area contributed by atoms with E-state index < -0.39 is 36.8 Å². The summed E-state index contributed by atoms with van der Waals surface area (Å²) in [6.07, 6.45) is 3.72. The highest BCUT2D eigenvalue weighted by Gasteiger charge is 2.29. The maximum absolute atomic E-state index is 13.6. The number of hydrogen-bond acceptors (Lipinski definition) is 19. The number of nitrogens with one attached hydrogen (secondary N) is 2. The summed E-state index contributed by atoms with van der Waals surface area (Å²) in [5.74, 6) is -5.20. The third kappa shape index (κ3) is 25.5. The van der Waals surface area contributed by atoms with Crippen LogP contribution in [-0.2, 0) is 69.7 Å². The van der Waals surface area contributed by atoms with Crippen molar-refractivity contribution in [3.05, 3.63) is 53.2 Å². The molecule has 3 unspecified atom stereocenters. The van der Waals surface area contributed by atoms with Crippen molar-refractivity contribution in [2.24, 2.45) is 10.7 Å². The minimum absolute atomic E-state index is 0.0518. The molecule has 0 bridgehead atoms. The van der Waals surface area contributed by atoms with Gasteiger partial charge in [-0.3, -0.25) is 24.7 Å². The van der Waals surface area contributed by atoms with Gasteiger partial charge in [0, 0.05) is 66.9 Å². The molecule has 0 saturated carbocycles. The predicted molar refractivity (Wildman–Crippen MR) is 256 cm³/mol. The molecule has 0 aliphatic carbocycles. The van der Waals surface area contributed by atoms with Crippen LogP contribution in [0.2, 0.25) is 0 Å². The van der Waals surface area contributed by atoms with E-state index in [1.54, 1.807) is 17.9 Å². The minimum Gasteiger partial charge on any atom is -0.420 e. The summed E-state index contributed by atoms with van der Waals surface area (Å²) in [4.78, 5) is 38.3. The molecule has 2 saturated heterocycles. The minimum atomic E-state index is -4.09. The van der Waals surface area contributed by atoms with Crippen molar-refractivity contribution < 1.29 is 84.2 Å². The summed E-state index contributed by atoms with van der Waals surface area (Å²) < 4.78 is 113. The summed E-state index contributed by atoms with van der Waals surface area (Å²) in [6, 6.07) is 0.841. The van der Waals surface area contributed by atoms with E-state index in [1.807, 2.05) is 4.90 Å². The van der Waals surface area contributed by atoms with Gasteiger partial charge in [-0.2, -0.15) is 0 Å². The first-order valence-corrected chi connectivity index (χ1v) is 26.4. The molecule has 2 aromatic rings. The molecule has 29 heteroatoms. The van der Waals surface area contributed by atoms with E-state index in [9.17, 15) is 22.5 Å². The fraction of sp³-hybridized carbons (Fsp3) is 0.698. The lowest BCUT2D eigenvalue weighted by molar-refractivity contribution is -0.136. The third-order valence-electron chi connectivity index (χ3n) is 10.4. The highest BCUT2D eigenvalue weighted by atomic mass is 31.2. The average Bonchev–Trinajstić information content (AvgIpc) is 4.01. The smallest absolute Gasteiger partial charge is 0.331 e. The number of esters is 1. The molecule has 3 atom stereocenters. The summed E-state index contributed by atoms with van der Waals surface area (Å²) in [5, 5.41) is 20.3. The van der Waals surface area contributed by atoms with Gasteiger partial charge in [0.2, 0.25) is 5.75 Å². The standard InChI is InChI=1S/C43H70F3N9O15P2/c1-49-43(50-39-3-2-35(69-39)31-68-71-32-72(57,58)59)36(28-47)42(48)54-7-5-53(6-8-54)9-12-61-15-18-64-22-23-66-24-25-67-30-34-29-55(52-51-34)10-13-62-16-19-65-21-20-63-17-14-60-11-4-40(56)70-41-37(45)26-33(44)27-38(41)46/h26-29,35,39,48,71H,2-25,30-32,47H2,1H3,(H,49,50)(H2,57,58,59)/b36-28-,48-42?. The Bertz CT molecular complexity index is 1960. The largest absolute Gasteiger partial charge is 0.420 e. The van der Waals surface area contributed by atoms with Crippen molar-refractivity contribution in [3.63, 3.8) is 0 Å². The van der Waals surface area contributed by atoms with Crippen LogP contribution in [0.15, 0.2) is 35.1 Å². The Kier molecular flexibility index (Phi) is 29.9. The number of carbonyl (C=O) groups excluding carboxylic acids is 1. The zero-order valence-electron chi connectivity index (χ0n) is 40.6. The first-order chi connectivity index (χ1) is 34.8. The van der Waals surface area contributed by atoms with Gasteiger partial charge >= 0.3 is 13.6 Å². The van der Waals surface area contributed by atoms with Crippen LogP contribution in [0.1, 0.15) is 25.0 Å². The molecule has 0 amide bonds. The molecule has 0 radical (unpaired) electrons. The molecule has 2 aliphatic heterocycles. The number of halogens is 3. The van der Waals surface area contributed by atoms with Gasteiger partial charge in [-0.1, -0.05) is 5.21 Å². The van der Waals surface area contributed by atoms with E-state index in [4.69, 9.17) is 68.1 Å². The molecule has 0 spiro atoms. The van der Waals surface area contributed by atoms with Crippen molar-refractivity contribution in [2.45, 2.75) is 44.7 Å². The van der Waals surface area contributed by atoms with E-state index in [0.717, 1.165) is 19.6 Å². The molecular formula is C43H70F3N9O15P2. The van der Waals surface area contributed by atoms with E-state index in [-0.39, 0.29) is 65.7 Å². The number of nitrogens with zero attached hydrogens (tertiary/aromatic N) is 6. The van der Waals surface area contributed by atoms with Gasteiger partial charge in [0.15, 0.2) is 11.6 Å². The topological polar surface area (TPSA) is 288 Å². The molecule has 3 heterocycles. The number of carbonyl (C=O) groups is 1. The van der Waals surface area contributed by atoms with Gasteiger partial charge in [-0.15, -0.1) is 5.10 Å². The summed E-state index contributed by atoms with van der Waals surface area (Å²) in [6.45, 7) is 9.94. The first-order valence-electron chi connectivity index (χ1n) is 23.5. The molecule has 408 valence electrons. The Hall–Kier alpha value is -3.76. The van der Waals surface area contributed by atoms with Crippen LogP contribution >= 0.6 is 16.4 Å². The summed E-state index contributed by atoms with van der Waals surface area (Å²) >= 11 is 0. The Balaban J connectivity index is 0.874. The summed E-state index contributed by atoms with van der Waals surface area (Å²) in [7, 11) is -2.77. The Morgan fingerprint density at radius 2 is 1.42 bits per heavy atom. The Labute approximate surface area is 418 Å². The molecule has 24 nitrogen and oxygen atoms in total. The maximum atomic E-state index is 13.6. The highest BCUT2D eigenvalue weighted by Crippen LogP contribution is 2.42. The molecule has 4 rings (SSSR count). The van der Waals surface area contributed by atoms with Crippen LogP contribution in [0.5, 0.6) is 5.75 Å². The van der Waals surface area contributed by atoms with Crippen molar-refractivity contribution in [3.8, 4) is 5.75 Å². The zero-order valence-corrected chi connectivity index (χ0v) is 42.5. The molecule has 2 aliphatic rings. The average molecular weight is 1070 g/mol. The van der Waals surface area contributed by atoms with E-state index >= 15 is 0 Å². The van der Waals surface area contributed by atoms with Crippen LogP contribution in [0, 0.1) is 22.9 Å². The maximum Gasteiger partial charge on any atom is 0.331 e. The Morgan fingerprint density at radius 1 is 0.861 bits per heavy atom. The quantitative estimate of drug-likeness (QED) is 0.0160. The molecule has 6 N–H and O–H groups in total. The lowest BCUT2D eigenvalue weighted by atomic mass is 10.1. The second-order valence-corrected chi connectivity index (χ2v) is 19.0. The number of ether oxygens (including phenoxy) is 10. The number of aliphatic imine (C=N–C) groups is 1. The second-order valence-electron chi connectivity index (χ2n) is 15.8. The number of nitrogens with two attached hydrogens (primary N) is 1. The number of rotatable bonds is 38. The van der Waals surface area contributed by atoms with Gasteiger partial charge in [0.1, 0.15) is 29.4 Å². The monoisotopic (exact) mass is 1070 g/mol. The highest BCUT2D eigenvalue weighted by molar-refractivity contribution is 7.62. The van der Waals surface area contributed by atoms with Gasteiger partial charge in [-0.05, 0) is 12.8 Å². The van der Waals surface area contributed by atoms with Crippen molar-refractivity contribution in [1.29, 1.82) is 5.41 Å².